The largest absolute Gasteiger partial charge is 0.389 e. The molecule has 1 nitrogen and oxygen atoms in total. The summed E-state index contributed by atoms with van der Waals surface area (Å²) < 4.78 is 0. The molecule has 4 bridgehead atoms. The molecule has 0 aromatic rings. The van der Waals surface area contributed by atoms with Gasteiger partial charge in [0.05, 0.1) is 5.60 Å². The van der Waals surface area contributed by atoms with Crippen LogP contribution in [0.3, 0.4) is 0 Å². The van der Waals surface area contributed by atoms with E-state index in [4.69, 9.17) is 0 Å². The Hall–Kier alpha value is -0.300. The van der Waals surface area contributed by atoms with E-state index in [1.54, 1.807) is 0 Å². The summed E-state index contributed by atoms with van der Waals surface area (Å²) in [6.07, 6.45) is 7.31. The molecule has 0 radical (unpaired) electrons. The normalized spacial score (nSPS) is 58.6. The summed E-state index contributed by atoms with van der Waals surface area (Å²) in [5, 5.41) is 10.9. The summed E-state index contributed by atoms with van der Waals surface area (Å²) in [5.41, 5.74) is -0.0981. The van der Waals surface area contributed by atoms with Crippen LogP contribution in [-0.2, 0) is 0 Å². The number of hydrogen-bond acceptors (Lipinski definition) is 1. The highest BCUT2D eigenvalue weighted by Gasteiger charge is 2.67. The fraction of sp³-hybridized carbons (Fsp3) is 0.867. The van der Waals surface area contributed by atoms with E-state index in [0.29, 0.717) is 35.0 Å². The molecule has 1 unspecified atom stereocenters. The van der Waals surface area contributed by atoms with Crippen molar-refractivity contribution in [3.63, 3.8) is 0 Å². The Morgan fingerprint density at radius 1 is 1.25 bits per heavy atom. The Morgan fingerprint density at radius 3 is 2.56 bits per heavy atom. The van der Waals surface area contributed by atoms with Crippen LogP contribution in [0.25, 0.3) is 0 Å². The minimum absolute atomic E-state index is 0.361. The van der Waals surface area contributed by atoms with Gasteiger partial charge in [-0.3, -0.25) is 0 Å². The number of aliphatic hydroxyl groups is 1. The SMILES string of the molecule is CC(C)[C@@H]1CC[C@@]2(C)[C@@H]3C=C[C@H]2C(C)(O)[C@@H]31. The zero-order valence-corrected chi connectivity index (χ0v) is 10.9. The molecule has 0 saturated heterocycles. The fourth-order valence-corrected chi connectivity index (χ4v) is 5.27. The molecule has 6 atom stereocenters. The third-order valence-electron chi connectivity index (χ3n) is 6.01. The highest BCUT2D eigenvalue weighted by atomic mass is 16.3. The molecule has 3 aliphatic carbocycles. The lowest BCUT2D eigenvalue weighted by atomic mass is 9.62. The standard InChI is InChI=1S/C15H24O/c1-9(2)10-7-8-14(3)11-5-6-12(14)15(4,16)13(10)11/h5-6,9-13,16H,7-8H2,1-4H3/t10-,11+,12+,13+,14-,15?/m0/s1. The predicted octanol–water partition coefficient (Wildman–Crippen LogP) is 3.24. The van der Waals surface area contributed by atoms with Crippen molar-refractivity contribution in [2.75, 3.05) is 0 Å². The summed E-state index contributed by atoms with van der Waals surface area (Å²) in [6, 6.07) is 0. The van der Waals surface area contributed by atoms with E-state index < -0.39 is 5.60 Å². The molecule has 0 aliphatic heterocycles. The van der Waals surface area contributed by atoms with Crippen molar-refractivity contribution in [2.45, 2.75) is 46.1 Å². The van der Waals surface area contributed by atoms with Gasteiger partial charge in [0.15, 0.2) is 0 Å². The summed E-state index contributed by atoms with van der Waals surface area (Å²) in [6.45, 7) is 9.12. The second kappa shape index (κ2) is 2.93. The first kappa shape index (κ1) is 10.8. The Labute approximate surface area is 98.9 Å². The van der Waals surface area contributed by atoms with Crippen LogP contribution in [0.2, 0.25) is 0 Å². The van der Waals surface area contributed by atoms with Gasteiger partial charge in [0.25, 0.3) is 0 Å². The van der Waals surface area contributed by atoms with Gasteiger partial charge in [-0.2, -0.15) is 0 Å². The first-order valence-corrected chi connectivity index (χ1v) is 6.79. The highest BCUT2D eigenvalue weighted by Crippen LogP contribution is 2.69. The maximum Gasteiger partial charge on any atom is 0.0724 e. The van der Waals surface area contributed by atoms with Crippen LogP contribution in [-0.4, -0.2) is 10.7 Å². The van der Waals surface area contributed by atoms with Crippen molar-refractivity contribution in [1.29, 1.82) is 0 Å². The molecule has 0 heterocycles. The van der Waals surface area contributed by atoms with Crippen LogP contribution in [0.4, 0.5) is 0 Å². The second-order valence-electron chi connectivity index (χ2n) is 7.09. The molecule has 3 aliphatic rings. The van der Waals surface area contributed by atoms with E-state index in [-0.39, 0.29) is 0 Å². The third kappa shape index (κ3) is 1.01. The topological polar surface area (TPSA) is 20.2 Å². The second-order valence-corrected chi connectivity index (χ2v) is 7.09. The van der Waals surface area contributed by atoms with E-state index in [1.165, 1.54) is 12.8 Å². The van der Waals surface area contributed by atoms with E-state index >= 15 is 0 Å². The van der Waals surface area contributed by atoms with Gasteiger partial charge in [-0.1, -0.05) is 32.9 Å². The van der Waals surface area contributed by atoms with Crippen molar-refractivity contribution in [3.8, 4) is 0 Å². The van der Waals surface area contributed by atoms with Gasteiger partial charge < -0.3 is 5.11 Å². The van der Waals surface area contributed by atoms with Crippen LogP contribution in [0.15, 0.2) is 12.2 Å². The molecule has 2 fully saturated rings. The molecule has 1 heteroatoms. The summed E-state index contributed by atoms with van der Waals surface area (Å²) >= 11 is 0. The minimum Gasteiger partial charge on any atom is -0.389 e. The number of rotatable bonds is 1. The van der Waals surface area contributed by atoms with Gasteiger partial charge in [-0.25, -0.2) is 0 Å². The summed E-state index contributed by atoms with van der Waals surface area (Å²) in [4.78, 5) is 0. The first-order valence-electron chi connectivity index (χ1n) is 6.79. The van der Waals surface area contributed by atoms with Crippen LogP contribution in [0.1, 0.15) is 40.5 Å². The molecular formula is C15H24O. The summed E-state index contributed by atoms with van der Waals surface area (Å²) in [5.74, 6) is 2.95. The van der Waals surface area contributed by atoms with Gasteiger partial charge in [0.1, 0.15) is 0 Å². The monoisotopic (exact) mass is 220 g/mol. The minimum atomic E-state index is -0.459. The third-order valence-corrected chi connectivity index (χ3v) is 6.01. The molecule has 0 spiro atoms. The highest BCUT2D eigenvalue weighted by molar-refractivity contribution is 5.29. The molecular weight excluding hydrogens is 196 g/mol. The fourth-order valence-electron chi connectivity index (χ4n) is 5.27. The van der Waals surface area contributed by atoms with E-state index in [2.05, 4.69) is 39.8 Å². The number of allylic oxidation sites excluding steroid dienone is 1. The average Bonchev–Trinajstić information content (AvgIpc) is 2.56. The van der Waals surface area contributed by atoms with E-state index in [0.717, 1.165) is 0 Å². The van der Waals surface area contributed by atoms with Gasteiger partial charge in [0, 0.05) is 5.92 Å². The maximum absolute atomic E-state index is 10.9. The molecule has 2 saturated carbocycles. The Bertz CT molecular complexity index is 341. The van der Waals surface area contributed by atoms with Gasteiger partial charge in [0.2, 0.25) is 0 Å². The van der Waals surface area contributed by atoms with E-state index in [1.807, 2.05) is 0 Å². The van der Waals surface area contributed by atoms with Crippen LogP contribution < -0.4 is 0 Å². The quantitative estimate of drug-likeness (QED) is 0.673. The lowest BCUT2D eigenvalue weighted by Crippen LogP contribution is -2.43. The van der Waals surface area contributed by atoms with Crippen LogP contribution in [0, 0.1) is 35.0 Å². The van der Waals surface area contributed by atoms with Crippen LogP contribution >= 0.6 is 0 Å². The van der Waals surface area contributed by atoms with Crippen molar-refractivity contribution < 1.29 is 5.11 Å². The Balaban J connectivity index is 2.06. The lowest BCUT2D eigenvalue weighted by Gasteiger charge is -2.43. The van der Waals surface area contributed by atoms with Gasteiger partial charge in [-0.15, -0.1) is 0 Å². The lowest BCUT2D eigenvalue weighted by molar-refractivity contribution is -0.0444. The molecule has 0 aromatic heterocycles. The van der Waals surface area contributed by atoms with Crippen LogP contribution in [0.5, 0.6) is 0 Å². The Kier molecular flexibility index (Phi) is 1.98. The molecule has 0 aromatic carbocycles. The van der Waals surface area contributed by atoms with Gasteiger partial charge >= 0.3 is 0 Å². The zero-order valence-electron chi connectivity index (χ0n) is 10.9. The average molecular weight is 220 g/mol. The molecule has 16 heavy (non-hydrogen) atoms. The molecule has 90 valence electrons. The van der Waals surface area contributed by atoms with Crippen molar-refractivity contribution in [2.24, 2.45) is 35.0 Å². The maximum atomic E-state index is 10.9. The molecule has 0 amide bonds. The van der Waals surface area contributed by atoms with Crippen molar-refractivity contribution in [1.82, 2.24) is 0 Å². The van der Waals surface area contributed by atoms with E-state index in [9.17, 15) is 5.11 Å². The smallest absolute Gasteiger partial charge is 0.0724 e. The number of hydrogen-bond donors (Lipinski definition) is 1. The Morgan fingerprint density at radius 2 is 1.94 bits per heavy atom. The summed E-state index contributed by atoms with van der Waals surface area (Å²) in [7, 11) is 0. The molecule has 3 rings (SSSR count). The predicted molar refractivity (Wildman–Crippen MR) is 65.9 cm³/mol. The molecule has 1 N–H and O–H groups in total. The zero-order chi connectivity index (χ0) is 11.7. The first-order chi connectivity index (χ1) is 7.39. The van der Waals surface area contributed by atoms with Crippen molar-refractivity contribution in [3.05, 3.63) is 12.2 Å². The van der Waals surface area contributed by atoms with Crippen molar-refractivity contribution >= 4 is 0 Å². The van der Waals surface area contributed by atoms with Gasteiger partial charge in [-0.05, 0) is 48.9 Å².